The first-order chi connectivity index (χ1) is 8.84. The Kier molecular flexibility index (Phi) is 5.72. The van der Waals surface area contributed by atoms with Crippen LogP contribution in [0.2, 0.25) is 0 Å². The predicted octanol–water partition coefficient (Wildman–Crippen LogP) is 3.06. The van der Waals surface area contributed by atoms with E-state index < -0.39 is 11.9 Å². The molecule has 19 heavy (non-hydrogen) atoms. The molecule has 0 spiro atoms. The normalized spacial score (nSPS) is 13.8. The minimum Gasteiger partial charge on any atom is -0.313 e. The van der Waals surface area contributed by atoms with Crippen molar-refractivity contribution < 1.29 is 13.2 Å². The lowest BCUT2D eigenvalue weighted by atomic mass is 9.99. The highest BCUT2D eigenvalue weighted by Gasteiger charge is 2.32. The lowest BCUT2D eigenvalue weighted by Crippen LogP contribution is -2.36. The minimum absolute atomic E-state index is 0.200. The number of hydrogen-bond donors (Lipinski definition) is 1. The number of alkyl halides is 3. The van der Waals surface area contributed by atoms with Gasteiger partial charge in [-0.1, -0.05) is 20.8 Å². The molecule has 0 aromatic carbocycles. The smallest absolute Gasteiger partial charge is 0.313 e. The first kappa shape index (κ1) is 15.9. The fourth-order valence-corrected chi connectivity index (χ4v) is 1.72. The van der Waals surface area contributed by atoms with E-state index in [1.165, 1.54) is 6.07 Å². The molecule has 0 saturated heterocycles. The van der Waals surface area contributed by atoms with Crippen LogP contribution < -0.4 is 5.32 Å². The van der Waals surface area contributed by atoms with Crippen LogP contribution in [0.4, 0.5) is 13.2 Å². The number of nitrogens with one attached hydrogen (secondary N) is 1. The topological polar surface area (TPSA) is 37.8 Å². The third-order valence-electron chi connectivity index (χ3n) is 2.90. The number of aromatic nitrogens is 2. The van der Waals surface area contributed by atoms with Crippen molar-refractivity contribution in [2.45, 2.75) is 45.8 Å². The highest BCUT2D eigenvalue weighted by molar-refractivity contribution is 5.10. The Morgan fingerprint density at radius 1 is 1.21 bits per heavy atom. The molecule has 1 unspecified atom stereocenters. The van der Waals surface area contributed by atoms with Crippen molar-refractivity contribution in [1.29, 1.82) is 0 Å². The summed E-state index contributed by atoms with van der Waals surface area (Å²) in [5.41, 5.74) is -0.367. The van der Waals surface area contributed by atoms with Crippen molar-refractivity contribution >= 4 is 0 Å². The minimum atomic E-state index is -4.43. The van der Waals surface area contributed by atoms with Gasteiger partial charge < -0.3 is 5.32 Å². The summed E-state index contributed by atoms with van der Waals surface area (Å²) in [6.07, 6.45) is -2.83. The third kappa shape index (κ3) is 5.14. The zero-order valence-corrected chi connectivity index (χ0v) is 11.5. The highest BCUT2D eigenvalue weighted by atomic mass is 19.4. The van der Waals surface area contributed by atoms with Crippen LogP contribution in [-0.4, -0.2) is 22.8 Å². The Hall–Kier alpha value is -1.17. The molecule has 6 heteroatoms. The summed E-state index contributed by atoms with van der Waals surface area (Å²) < 4.78 is 37.1. The molecule has 1 aromatic heterocycles. The van der Waals surface area contributed by atoms with E-state index in [0.29, 0.717) is 18.0 Å². The monoisotopic (exact) mass is 275 g/mol. The van der Waals surface area contributed by atoms with E-state index in [-0.39, 0.29) is 6.04 Å². The van der Waals surface area contributed by atoms with Gasteiger partial charge in [0.1, 0.15) is 0 Å². The van der Waals surface area contributed by atoms with Gasteiger partial charge in [-0.2, -0.15) is 18.3 Å². The van der Waals surface area contributed by atoms with E-state index in [9.17, 15) is 13.2 Å². The van der Waals surface area contributed by atoms with Crippen LogP contribution >= 0.6 is 0 Å². The summed E-state index contributed by atoms with van der Waals surface area (Å²) in [7, 11) is 0. The molecule has 0 radical (unpaired) electrons. The first-order valence-electron chi connectivity index (χ1n) is 6.47. The van der Waals surface area contributed by atoms with Gasteiger partial charge in [-0.05, 0) is 31.0 Å². The summed E-state index contributed by atoms with van der Waals surface area (Å²) in [5.74, 6) is 0.385. The molecule has 0 amide bonds. The maximum absolute atomic E-state index is 12.4. The molecule has 0 aliphatic heterocycles. The van der Waals surface area contributed by atoms with Gasteiger partial charge in [-0.15, -0.1) is 5.10 Å². The first-order valence-corrected chi connectivity index (χ1v) is 6.47. The number of rotatable bonds is 6. The van der Waals surface area contributed by atoms with Crippen LogP contribution in [0.1, 0.15) is 38.6 Å². The zero-order valence-electron chi connectivity index (χ0n) is 11.5. The number of halogens is 3. The quantitative estimate of drug-likeness (QED) is 0.867. The van der Waals surface area contributed by atoms with Gasteiger partial charge in [0.15, 0.2) is 5.69 Å². The molecule has 1 atom stereocenters. The van der Waals surface area contributed by atoms with Crippen molar-refractivity contribution in [3.05, 3.63) is 23.5 Å². The van der Waals surface area contributed by atoms with Gasteiger partial charge in [0.2, 0.25) is 0 Å². The van der Waals surface area contributed by atoms with E-state index in [4.69, 9.17) is 0 Å². The van der Waals surface area contributed by atoms with E-state index in [2.05, 4.69) is 36.3 Å². The van der Waals surface area contributed by atoms with E-state index in [1.807, 2.05) is 0 Å². The van der Waals surface area contributed by atoms with Crippen molar-refractivity contribution in [1.82, 2.24) is 15.5 Å². The highest BCUT2D eigenvalue weighted by Crippen LogP contribution is 2.26. The second-order valence-electron chi connectivity index (χ2n) is 4.92. The van der Waals surface area contributed by atoms with Crippen molar-refractivity contribution in [2.24, 2.45) is 5.92 Å². The van der Waals surface area contributed by atoms with Crippen LogP contribution in [0.3, 0.4) is 0 Å². The Balaban J connectivity index is 2.69. The second-order valence-corrected chi connectivity index (χ2v) is 4.92. The standard InChI is InChI=1S/C13H20F3N3/c1-4-7-17-11(9(2)3)8-10-5-6-12(19-18-10)13(14,15)16/h5-6,9,11,17H,4,7-8H2,1-3H3. The van der Waals surface area contributed by atoms with Gasteiger partial charge in [-0.3, -0.25) is 0 Å². The van der Waals surface area contributed by atoms with E-state index in [0.717, 1.165) is 19.0 Å². The lowest BCUT2D eigenvalue weighted by Gasteiger charge is -2.21. The Morgan fingerprint density at radius 3 is 2.32 bits per heavy atom. The Labute approximate surface area is 111 Å². The van der Waals surface area contributed by atoms with Crippen molar-refractivity contribution in [3.63, 3.8) is 0 Å². The SMILES string of the molecule is CCCNC(Cc1ccc(C(F)(F)F)nn1)C(C)C. The summed E-state index contributed by atoms with van der Waals surface area (Å²) >= 11 is 0. The summed E-state index contributed by atoms with van der Waals surface area (Å²) in [5, 5.41) is 10.3. The molecule has 1 aromatic rings. The summed E-state index contributed by atoms with van der Waals surface area (Å²) in [6.45, 7) is 7.11. The molecule has 0 bridgehead atoms. The van der Waals surface area contributed by atoms with Crippen molar-refractivity contribution in [2.75, 3.05) is 6.54 Å². The molecule has 0 aliphatic carbocycles. The molecule has 3 nitrogen and oxygen atoms in total. The molecule has 1 N–H and O–H groups in total. The fourth-order valence-electron chi connectivity index (χ4n) is 1.72. The molecule has 1 heterocycles. The van der Waals surface area contributed by atoms with Crippen LogP contribution in [0.15, 0.2) is 12.1 Å². The third-order valence-corrected chi connectivity index (χ3v) is 2.90. The zero-order chi connectivity index (χ0) is 14.5. The van der Waals surface area contributed by atoms with Gasteiger partial charge in [0, 0.05) is 12.5 Å². The molecule has 0 saturated carbocycles. The molecular formula is C13H20F3N3. The molecule has 0 fully saturated rings. The molecule has 108 valence electrons. The van der Waals surface area contributed by atoms with Crippen LogP contribution in [0.5, 0.6) is 0 Å². The average Bonchev–Trinajstić information content (AvgIpc) is 2.33. The Morgan fingerprint density at radius 2 is 1.89 bits per heavy atom. The molecular weight excluding hydrogens is 255 g/mol. The second kappa shape index (κ2) is 6.84. The van der Waals surface area contributed by atoms with E-state index >= 15 is 0 Å². The van der Waals surface area contributed by atoms with Crippen LogP contribution in [0.25, 0.3) is 0 Å². The Bertz CT molecular complexity index is 374. The van der Waals surface area contributed by atoms with Crippen LogP contribution in [0, 0.1) is 5.92 Å². The van der Waals surface area contributed by atoms with Crippen molar-refractivity contribution in [3.8, 4) is 0 Å². The molecule has 1 rings (SSSR count). The largest absolute Gasteiger partial charge is 0.435 e. The summed E-state index contributed by atoms with van der Waals surface area (Å²) in [6, 6.07) is 2.59. The lowest BCUT2D eigenvalue weighted by molar-refractivity contribution is -0.141. The average molecular weight is 275 g/mol. The maximum atomic E-state index is 12.4. The predicted molar refractivity (Wildman–Crippen MR) is 67.7 cm³/mol. The maximum Gasteiger partial charge on any atom is 0.435 e. The van der Waals surface area contributed by atoms with Gasteiger partial charge in [-0.25, -0.2) is 0 Å². The number of hydrogen-bond acceptors (Lipinski definition) is 3. The summed E-state index contributed by atoms with van der Waals surface area (Å²) in [4.78, 5) is 0. The van der Waals surface area contributed by atoms with Gasteiger partial charge in [0.05, 0.1) is 5.69 Å². The van der Waals surface area contributed by atoms with Crippen LogP contribution in [-0.2, 0) is 12.6 Å². The van der Waals surface area contributed by atoms with E-state index in [1.54, 1.807) is 0 Å². The number of nitrogens with zero attached hydrogens (tertiary/aromatic N) is 2. The fraction of sp³-hybridized carbons (Fsp3) is 0.692. The van der Waals surface area contributed by atoms with Gasteiger partial charge >= 0.3 is 6.18 Å². The van der Waals surface area contributed by atoms with Gasteiger partial charge in [0.25, 0.3) is 0 Å². The molecule has 0 aliphatic rings.